The molecule has 2 heterocycles. The minimum atomic E-state index is 0.565. The summed E-state index contributed by atoms with van der Waals surface area (Å²) in [6, 6.07) is 9.47. The van der Waals surface area contributed by atoms with Crippen LogP contribution < -0.4 is 5.32 Å². The van der Waals surface area contributed by atoms with Crippen molar-refractivity contribution in [1.82, 2.24) is 20.4 Å². The van der Waals surface area contributed by atoms with Crippen molar-refractivity contribution in [3.8, 4) is 11.4 Å². The molecule has 8 heteroatoms. The van der Waals surface area contributed by atoms with E-state index in [1.807, 2.05) is 31.3 Å². The third-order valence-corrected chi connectivity index (χ3v) is 4.75. The number of thiophene rings is 1. The zero-order valence-corrected chi connectivity index (χ0v) is 16.2. The standard InChI is InChI=1S/C18H20ClN5OS/c1-20-18(24(2)11-13-8-10-26-12-13)21-9-7-16-22-17(23-25-16)14-3-5-15(19)6-4-14/h3-6,8,10,12H,7,9,11H2,1-2H3,(H,20,21). The highest BCUT2D eigenvalue weighted by Crippen LogP contribution is 2.18. The zero-order valence-electron chi connectivity index (χ0n) is 14.6. The Labute approximate surface area is 161 Å². The Morgan fingerprint density at radius 3 is 2.81 bits per heavy atom. The molecule has 0 aliphatic rings. The molecule has 0 saturated heterocycles. The molecule has 1 aromatic carbocycles. The molecule has 0 unspecified atom stereocenters. The van der Waals surface area contributed by atoms with E-state index in [0.717, 1.165) is 18.1 Å². The number of guanidine groups is 1. The summed E-state index contributed by atoms with van der Waals surface area (Å²) in [5, 5.41) is 12.2. The summed E-state index contributed by atoms with van der Waals surface area (Å²) in [5.41, 5.74) is 2.15. The van der Waals surface area contributed by atoms with Crippen molar-refractivity contribution in [3.05, 3.63) is 57.6 Å². The van der Waals surface area contributed by atoms with E-state index in [2.05, 4.69) is 42.2 Å². The maximum Gasteiger partial charge on any atom is 0.228 e. The SMILES string of the molecule is CN=C(NCCc1nc(-c2ccc(Cl)cc2)no1)N(C)Cc1ccsc1. The van der Waals surface area contributed by atoms with Gasteiger partial charge in [0.2, 0.25) is 11.7 Å². The van der Waals surface area contributed by atoms with Crippen molar-refractivity contribution in [3.63, 3.8) is 0 Å². The Kier molecular flexibility index (Phi) is 6.25. The summed E-state index contributed by atoms with van der Waals surface area (Å²) >= 11 is 7.59. The molecule has 1 N–H and O–H groups in total. The van der Waals surface area contributed by atoms with Crippen LogP contribution in [0.1, 0.15) is 11.5 Å². The summed E-state index contributed by atoms with van der Waals surface area (Å²) in [7, 11) is 3.79. The highest BCUT2D eigenvalue weighted by Gasteiger charge is 2.10. The molecular formula is C18H20ClN5OS. The van der Waals surface area contributed by atoms with Crippen LogP contribution in [0.25, 0.3) is 11.4 Å². The molecular weight excluding hydrogens is 370 g/mol. The van der Waals surface area contributed by atoms with Crippen LogP contribution in [0.15, 0.2) is 50.6 Å². The normalized spacial score (nSPS) is 11.6. The fraction of sp³-hybridized carbons (Fsp3) is 0.278. The first-order chi connectivity index (χ1) is 12.7. The van der Waals surface area contributed by atoms with Gasteiger partial charge in [0.05, 0.1) is 0 Å². The lowest BCUT2D eigenvalue weighted by Crippen LogP contribution is -2.39. The molecule has 0 saturated carbocycles. The topological polar surface area (TPSA) is 66.5 Å². The van der Waals surface area contributed by atoms with Gasteiger partial charge in [0, 0.05) is 44.2 Å². The Morgan fingerprint density at radius 2 is 2.12 bits per heavy atom. The van der Waals surface area contributed by atoms with Gasteiger partial charge in [0.25, 0.3) is 0 Å². The van der Waals surface area contributed by atoms with Crippen molar-refractivity contribution >= 4 is 28.9 Å². The second-order valence-electron chi connectivity index (χ2n) is 5.73. The number of halogens is 1. The molecule has 3 aromatic rings. The molecule has 0 atom stereocenters. The fourth-order valence-electron chi connectivity index (χ4n) is 2.47. The minimum Gasteiger partial charge on any atom is -0.356 e. The molecule has 0 radical (unpaired) electrons. The molecule has 0 aliphatic carbocycles. The van der Waals surface area contributed by atoms with Crippen LogP contribution in [0.2, 0.25) is 5.02 Å². The lowest BCUT2D eigenvalue weighted by molar-refractivity contribution is 0.377. The van der Waals surface area contributed by atoms with Crippen molar-refractivity contribution in [1.29, 1.82) is 0 Å². The van der Waals surface area contributed by atoms with E-state index in [9.17, 15) is 0 Å². The van der Waals surface area contributed by atoms with E-state index < -0.39 is 0 Å². The van der Waals surface area contributed by atoms with Gasteiger partial charge < -0.3 is 14.7 Å². The Bertz CT molecular complexity index is 845. The summed E-state index contributed by atoms with van der Waals surface area (Å²) in [4.78, 5) is 10.8. The average Bonchev–Trinajstić information content (AvgIpc) is 3.31. The first kappa shape index (κ1) is 18.4. The number of benzene rings is 1. The molecule has 2 aromatic heterocycles. The highest BCUT2D eigenvalue weighted by molar-refractivity contribution is 7.07. The van der Waals surface area contributed by atoms with Crippen LogP contribution in [0, 0.1) is 0 Å². The van der Waals surface area contributed by atoms with Gasteiger partial charge in [0.1, 0.15) is 0 Å². The van der Waals surface area contributed by atoms with Crippen LogP contribution in [-0.2, 0) is 13.0 Å². The molecule has 0 spiro atoms. The van der Waals surface area contributed by atoms with Crippen LogP contribution in [0.3, 0.4) is 0 Å². The maximum absolute atomic E-state index is 5.90. The van der Waals surface area contributed by atoms with Crippen LogP contribution >= 0.6 is 22.9 Å². The van der Waals surface area contributed by atoms with Gasteiger partial charge in [-0.25, -0.2) is 0 Å². The number of hydrogen-bond donors (Lipinski definition) is 1. The average molecular weight is 390 g/mol. The van der Waals surface area contributed by atoms with Gasteiger partial charge in [-0.15, -0.1) is 0 Å². The van der Waals surface area contributed by atoms with E-state index in [1.54, 1.807) is 18.4 Å². The molecule has 0 fully saturated rings. The van der Waals surface area contributed by atoms with Gasteiger partial charge in [-0.05, 0) is 46.7 Å². The maximum atomic E-state index is 5.90. The summed E-state index contributed by atoms with van der Waals surface area (Å²) < 4.78 is 5.32. The molecule has 136 valence electrons. The number of nitrogens with one attached hydrogen (secondary N) is 1. The summed E-state index contributed by atoms with van der Waals surface area (Å²) in [5.74, 6) is 1.97. The molecule has 6 nitrogen and oxygen atoms in total. The predicted octanol–water partition coefficient (Wildman–Crippen LogP) is 3.70. The van der Waals surface area contributed by atoms with E-state index in [1.165, 1.54) is 5.56 Å². The second-order valence-corrected chi connectivity index (χ2v) is 6.95. The number of aromatic nitrogens is 2. The van der Waals surface area contributed by atoms with Crippen molar-refractivity contribution in [2.75, 3.05) is 20.6 Å². The van der Waals surface area contributed by atoms with Gasteiger partial charge in [-0.2, -0.15) is 16.3 Å². The van der Waals surface area contributed by atoms with E-state index in [-0.39, 0.29) is 0 Å². The van der Waals surface area contributed by atoms with E-state index in [4.69, 9.17) is 16.1 Å². The molecule has 0 amide bonds. The molecule has 26 heavy (non-hydrogen) atoms. The number of aliphatic imine (C=N–C) groups is 1. The highest BCUT2D eigenvalue weighted by atomic mass is 35.5. The Hall–Kier alpha value is -2.38. The van der Waals surface area contributed by atoms with Gasteiger partial charge >= 0.3 is 0 Å². The van der Waals surface area contributed by atoms with Crippen molar-refractivity contribution in [2.24, 2.45) is 4.99 Å². The van der Waals surface area contributed by atoms with Crippen molar-refractivity contribution in [2.45, 2.75) is 13.0 Å². The quantitative estimate of drug-likeness (QED) is 0.514. The first-order valence-corrected chi connectivity index (χ1v) is 9.49. The number of rotatable bonds is 6. The lowest BCUT2D eigenvalue weighted by atomic mass is 10.2. The lowest BCUT2D eigenvalue weighted by Gasteiger charge is -2.21. The molecule has 3 rings (SSSR count). The predicted molar refractivity (Wildman–Crippen MR) is 106 cm³/mol. The number of hydrogen-bond acceptors (Lipinski definition) is 5. The largest absolute Gasteiger partial charge is 0.356 e. The third kappa shape index (κ3) is 4.83. The van der Waals surface area contributed by atoms with Gasteiger partial charge in [-0.3, -0.25) is 4.99 Å². The summed E-state index contributed by atoms with van der Waals surface area (Å²) in [6.45, 7) is 1.47. The van der Waals surface area contributed by atoms with Crippen LogP contribution in [0.4, 0.5) is 0 Å². The Morgan fingerprint density at radius 1 is 1.31 bits per heavy atom. The smallest absolute Gasteiger partial charge is 0.228 e. The zero-order chi connectivity index (χ0) is 18.4. The molecule has 0 bridgehead atoms. The number of nitrogens with zero attached hydrogens (tertiary/aromatic N) is 4. The van der Waals surface area contributed by atoms with Crippen LogP contribution in [-0.4, -0.2) is 41.6 Å². The van der Waals surface area contributed by atoms with E-state index >= 15 is 0 Å². The van der Waals surface area contributed by atoms with Gasteiger partial charge in [-0.1, -0.05) is 16.8 Å². The van der Waals surface area contributed by atoms with E-state index in [0.29, 0.717) is 29.7 Å². The molecule has 0 aliphatic heterocycles. The minimum absolute atomic E-state index is 0.565. The first-order valence-electron chi connectivity index (χ1n) is 8.17. The summed E-state index contributed by atoms with van der Waals surface area (Å²) in [6.07, 6.45) is 0.617. The van der Waals surface area contributed by atoms with Crippen LogP contribution in [0.5, 0.6) is 0 Å². The van der Waals surface area contributed by atoms with Crippen molar-refractivity contribution < 1.29 is 4.52 Å². The van der Waals surface area contributed by atoms with Gasteiger partial charge in [0.15, 0.2) is 5.96 Å². The third-order valence-electron chi connectivity index (χ3n) is 3.77. The Balaban J connectivity index is 1.51. The second kappa shape index (κ2) is 8.82. The fourth-order valence-corrected chi connectivity index (χ4v) is 3.26. The monoisotopic (exact) mass is 389 g/mol.